The predicted molar refractivity (Wildman–Crippen MR) is 84.7 cm³/mol. The second kappa shape index (κ2) is 6.78. The van der Waals surface area contributed by atoms with E-state index >= 15 is 0 Å². The Morgan fingerprint density at radius 1 is 1.09 bits per heavy atom. The van der Waals surface area contributed by atoms with Crippen molar-refractivity contribution in [1.82, 2.24) is 14.6 Å². The number of rotatable bonds is 6. The van der Waals surface area contributed by atoms with Gasteiger partial charge in [-0.25, -0.2) is 0 Å². The molecule has 0 aliphatic heterocycles. The summed E-state index contributed by atoms with van der Waals surface area (Å²) in [5.41, 5.74) is 0.662. The molecule has 0 saturated carbocycles. The molecule has 7 nitrogen and oxygen atoms in total. The van der Waals surface area contributed by atoms with Crippen LogP contribution in [0.25, 0.3) is 5.65 Å². The van der Waals surface area contributed by atoms with E-state index in [1.54, 1.807) is 40.9 Å². The highest BCUT2D eigenvalue weighted by molar-refractivity contribution is 5.90. The number of carbonyl (C=O) groups is 1. The predicted octanol–water partition coefficient (Wildman–Crippen LogP) is 2.15. The van der Waals surface area contributed by atoms with Gasteiger partial charge in [-0.1, -0.05) is 6.07 Å². The zero-order valence-electron chi connectivity index (χ0n) is 12.6. The van der Waals surface area contributed by atoms with Gasteiger partial charge in [0.25, 0.3) is 5.91 Å². The van der Waals surface area contributed by atoms with Crippen molar-refractivity contribution in [2.45, 2.75) is 6.92 Å². The molecular weight excluding hydrogens is 296 g/mol. The first-order valence-corrected chi connectivity index (χ1v) is 7.21. The van der Waals surface area contributed by atoms with Gasteiger partial charge in [0.15, 0.2) is 12.3 Å². The van der Waals surface area contributed by atoms with E-state index in [2.05, 4.69) is 15.5 Å². The molecule has 0 radical (unpaired) electrons. The number of nitrogens with one attached hydrogen (secondary N) is 1. The van der Waals surface area contributed by atoms with Gasteiger partial charge in [-0.15, -0.1) is 10.2 Å². The molecular formula is C16H16N4O3. The highest BCUT2D eigenvalue weighted by atomic mass is 16.5. The van der Waals surface area contributed by atoms with E-state index in [1.807, 2.05) is 19.1 Å². The van der Waals surface area contributed by atoms with Crippen LogP contribution >= 0.6 is 0 Å². The zero-order valence-corrected chi connectivity index (χ0v) is 12.6. The molecule has 2 heterocycles. The maximum absolute atomic E-state index is 12.0. The first-order chi connectivity index (χ1) is 11.3. The fourth-order valence-electron chi connectivity index (χ4n) is 2.04. The molecule has 0 fully saturated rings. The molecule has 0 atom stereocenters. The summed E-state index contributed by atoms with van der Waals surface area (Å²) in [5.74, 6) is 1.41. The molecule has 0 aliphatic carbocycles. The third-order valence-electron chi connectivity index (χ3n) is 3.07. The number of pyridine rings is 1. The van der Waals surface area contributed by atoms with Gasteiger partial charge in [0, 0.05) is 6.20 Å². The van der Waals surface area contributed by atoms with E-state index in [0.29, 0.717) is 24.0 Å². The molecule has 2 aromatic heterocycles. The molecule has 0 bridgehead atoms. The van der Waals surface area contributed by atoms with E-state index < -0.39 is 0 Å². The number of nitrogens with zero attached hydrogens (tertiary/aromatic N) is 3. The number of hydrogen-bond acceptors (Lipinski definition) is 5. The van der Waals surface area contributed by atoms with E-state index in [0.717, 1.165) is 5.75 Å². The van der Waals surface area contributed by atoms with Crippen LogP contribution in [0.5, 0.6) is 11.5 Å². The lowest BCUT2D eigenvalue weighted by Gasteiger charge is -2.07. The van der Waals surface area contributed by atoms with Crippen molar-refractivity contribution in [3.8, 4) is 11.5 Å². The van der Waals surface area contributed by atoms with Crippen molar-refractivity contribution in [3.05, 3.63) is 48.7 Å². The summed E-state index contributed by atoms with van der Waals surface area (Å²) in [7, 11) is 0. The fourth-order valence-corrected chi connectivity index (χ4v) is 2.04. The minimum Gasteiger partial charge on any atom is -0.494 e. The normalized spacial score (nSPS) is 10.5. The van der Waals surface area contributed by atoms with Gasteiger partial charge in [-0.3, -0.25) is 14.5 Å². The van der Waals surface area contributed by atoms with Crippen LogP contribution in [-0.2, 0) is 4.79 Å². The van der Waals surface area contributed by atoms with Crippen LogP contribution in [-0.4, -0.2) is 33.7 Å². The lowest BCUT2D eigenvalue weighted by Crippen LogP contribution is -2.21. The lowest BCUT2D eigenvalue weighted by molar-refractivity contribution is -0.118. The van der Waals surface area contributed by atoms with Crippen LogP contribution in [0.2, 0.25) is 0 Å². The summed E-state index contributed by atoms with van der Waals surface area (Å²) in [5, 5.41) is 10.6. The average Bonchev–Trinajstić information content (AvgIpc) is 2.98. The lowest BCUT2D eigenvalue weighted by atomic mass is 10.3. The second-order valence-corrected chi connectivity index (χ2v) is 4.69. The number of hydrogen-bond donors (Lipinski definition) is 1. The molecule has 118 valence electrons. The molecule has 3 rings (SSSR count). The van der Waals surface area contributed by atoms with Crippen LogP contribution in [0, 0.1) is 0 Å². The number of ether oxygens (including phenoxy) is 2. The first kappa shape index (κ1) is 14.8. The highest BCUT2D eigenvalue weighted by Gasteiger charge is 2.09. The van der Waals surface area contributed by atoms with Crippen molar-refractivity contribution in [3.63, 3.8) is 0 Å². The number of aromatic nitrogens is 3. The number of carbonyl (C=O) groups excluding carboxylic acids is 1. The summed E-state index contributed by atoms with van der Waals surface area (Å²) >= 11 is 0. The monoisotopic (exact) mass is 312 g/mol. The Labute approximate surface area is 132 Å². The van der Waals surface area contributed by atoms with Crippen molar-refractivity contribution in [1.29, 1.82) is 0 Å². The molecule has 3 aromatic rings. The molecule has 1 aromatic carbocycles. The average molecular weight is 312 g/mol. The number of benzene rings is 1. The Hall–Kier alpha value is -3.09. The summed E-state index contributed by atoms with van der Waals surface area (Å²) in [6.45, 7) is 2.41. The molecule has 1 N–H and O–H groups in total. The molecule has 0 aliphatic rings. The van der Waals surface area contributed by atoms with Crippen LogP contribution in [0.4, 0.5) is 5.95 Å². The Morgan fingerprint density at radius 2 is 1.83 bits per heavy atom. The molecule has 7 heteroatoms. The van der Waals surface area contributed by atoms with Crippen LogP contribution in [0.1, 0.15) is 6.92 Å². The second-order valence-electron chi connectivity index (χ2n) is 4.69. The molecule has 1 amide bonds. The van der Waals surface area contributed by atoms with Gasteiger partial charge >= 0.3 is 0 Å². The minimum atomic E-state index is -0.308. The van der Waals surface area contributed by atoms with Gasteiger partial charge in [0.1, 0.15) is 11.5 Å². The Morgan fingerprint density at radius 3 is 2.57 bits per heavy atom. The molecule has 23 heavy (non-hydrogen) atoms. The summed E-state index contributed by atoms with van der Waals surface area (Å²) in [6, 6.07) is 12.6. The Kier molecular flexibility index (Phi) is 4.37. The minimum absolute atomic E-state index is 0.115. The van der Waals surface area contributed by atoms with Crippen LogP contribution < -0.4 is 14.8 Å². The Bertz CT molecular complexity index is 798. The van der Waals surface area contributed by atoms with Gasteiger partial charge < -0.3 is 9.47 Å². The van der Waals surface area contributed by atoms with Gasteiger partial charge in [-0.2, -0.15) is 0 Å². The third kappa shape index (κ3) is 3.57. The van der Waals surface area contributed by atoms with Crippen molar-refractivity contribution in [2.75, 3.05) is 18.5 Å². The topological polar surface area (TPSA) is 77.8 Å². The number of amides is 1. The van der Waals surface area contributed by atoms with Gasteiger partial charge in [-0.05, 0) is 43.3 Å². The zero-order chi connectivity index (χ0) is 16.1. The number of fused-ring (bicyclic) bond motifs is 1. The largest absolute Gasteiger partial charge is 0.494 e. The number of anilines is 1. The first-order valence-electron chi connectivity index (χ1n) is 7.21. The summed E-state index contributed by atoms with van der Waals surface area (Å²) in [4.78, 5) is 12.0. The standard InChI is InChI=1S/C16H16N4O3/c1-2-22-12-6-8-13(9-7-12)23-11-15(21)17-16-19-18-14-5-3-4-10-20(14)16/h3-10H,2,11H2,1H3,(H,17,19,21). The van der Waals surface area contributed by atoms with E-state index in [4.69, 9.17) is 9.47 Å². The molecule has 0 unspecified atom stereocenters. The highest BCUT2D eigenvalue weighted by Crippen LogP contribution is 2.17. The van der Waals surface area contributed by atoms with Crippen LogP contribution in [0.15, 0.2) is 48.7 Å². The van der Waals surface area contributed by atoms with E-state index in [9.17, 15) is 4.79 Å². The van der Waals surface area contributed by atoms with E-state index in [1.165, 1.54) is 0 Å². The Balaban J connectivity index is 1.57. The SMILES string of the molecule is CCOc1ccc(OCC(=O)Nc2nnc3ccccn23)cc1. The maximum atomic E-state index is 12.0. The van der Waals surface area contributed by atoms with Crippen LogP contribution in [0.3, 0.4) is 0 Å². The van der Waals surface area contributed by atoms with Gasteiger partial charge in [0.2, 0.25) is 5.95 Å². The fraction of sp³-hybridized carbons (Fsp3) is 0.188. The van der Waals surface area contributed by atoms with E-state index in [-0.39, 0.29) is 12.5 Å². The molecule has 0 saturated heterocycles. The third-order valence-corrected chi connectivity index (χ3v) is 3.07. The van der Waals surface area contributed by atoms with Crippen molar-refractivity contribution < 1.29 is 14.3 Å². The summed E-state index contributed by atoms with van der Waals surface area (Å²) < 4.78 is 12.5. The summed E-state index contributed by atoms with van der Waals surface area (Å²) in [6.07, 6.45) is 1.78. The quantitative estimate of drug-likeness (QED) is 0.754. The maximum Gasteiger partial charge on any atom is 0.264 e. The van der Waals surface area contributed by atoms with Gasteiger partial charge in [0.05, 0.1) is 6.61 Å². The molecule has 0 spiro atoms. The smallest absolute Gasteiger partial charge is 0.264 e. The van der Waals surface area contributed by atoms with Crippen molar-refractivity contribution >= 4 is 17.5 Å². The van der Waals surface area contributed by atoms with Crippen molar-refractivity contribution in [2.24, 2.45) is 0 Å².